The third-order valence-electron chi connectivity index (χ3n) is 6.01. The standard InChI is InChI=1S/C22H28N4O3/c1-15-21(28)24-22-23-20-16(14-26(15)22)8-6-11-18(20)29-13-7-12-19(27)25(2)17-9-4-3-5-10-17/h6,8,11,17H,1,3-5,7,9-10,12-14H2,2H3,(H,23,24,28). The van der Waals surface area contributed by atoms with Crippen molar-refractivity contribution in [1.82, 2.24) is 14.5 Å². The Kier molecular flexibility index (Phi) is 5.56. The van der Waals surface area contributed by atoms with Gasteiger partial charge in [-0.05, 0) is 25.3 Å². The van der Waals surface area contributed by atoms with E-state index in [1.165, 1.54) is 19.3 Å². The summed E-state index contributed by atoms with van der Waals surface area (Å²) >= 11 is 0. The Labute approximate surface area is 169 Å². The van der Waals surface area contributed by atoms with E-state index >= 15 is 0 Å². The lowest BCUT2D eigenvalue weighted by atomic mass is 9.94. The Morgan fingerprint density at radius 2 is 2.14 bits per heavy atom. The van der Waals surface area contributed by atoms with Gasteiger partial charge >= 0.3 is 0 Å². The first-order chi connectivity index (χ1) is 14.0. The summed E-state index contributed by atoms with van der Waals surface area (Å²) in [6.07, 6.45) is 7.12. The van der Waals surface area contributed by atoms with Gasteiger partial charge in [-0.3, -0.25) is 14.6 Å². The molecule has 1 aliphatic carbocycles. The smallest absolute Gasteiger partial charge is 0.274 e. The molecule has 2 aromatic rings. The number of hydrogen-bond donors (Lipinski definition) is 1. The number of nitrogens with zero attached hydrogens (tertiary/aromatic N) is 3. The van der Waals surface area contributed by atoms with Gasteiger partial charge in [0.1, 0.15) is 16.8 Å². The average Bonchev–Trinajstić information content (AvgIpc) is 3.02. The zero-order valence-electron chi connectivity index (χ0n) is 16.9. The monoisotopic (exact) mass is 396 g/mol. The third kappa shape index (κ3) is 3.99. The maximum atomic E-state index is 12.5. The SMILES string of the molecule is C=c1c(=O)[nH]c2n1Cc1cccc(OCCCC(=O)N(C)C3CCCCC3)c1N=2. The number of ether oxygens (including phenoxy) is 1. The van der Waals surface area contributed by atoms with Crippen molar-refractivity contribution in [1.29, 1.82) is 0 Å². The van der Waals surface area contributed by atoms with Gasteiger partial charge in [0.15, 0.2) is 0 Å². The Balaban J connectivity index is 1.37. The van der Waals surface area contributed by atoms with E-state index in [1.807, 2.05) is 30.1 Å². The number of carbonyl (C=O) groups excluding carboxylic acids is 1. The second-order valence-corrected chi connectivity index (χ2v) is 7.93. The first kappa shape index (κ1) is 19.5. The lowest BCUT2D eigenvalue weighted by Gasteiger charge is -2.31. The van der Waals surface area contributed by atoms with Crippen LogP contribution in [0.1, 0.15) is 50.5 Å². The van der Waals surface area contributed by atoms with E-state index in [4.69, 9.17) is 4.74 Å². The zero-order valence-corrected chi connectivity index (χ0v) is 16.9. The molecular formula is C22H28N4O3. The number of aromatic amines is 1. The molecule has 1 fully saturated rings. The fourth-order valence-electron chi connectivity index (χ4n) is 4.22. The second-order valence-electron chi connectivity index (χ2n) is 7.93. The van der Waals surface area contributed by atoms with Crippen LogP contribution in [0, 0.1) is 0 Å². The maximum absolute atomic E-state index is 12.5. The molecule has 0 spiro atoms. The van der Waals surface area contributed by atoms with Crippen LogP contribution < -0.4 is 21.3 Å². The van der Waals surface area contributed by atoms with Gasteiger partial charge in [0.2, 0.25) is 11.5 Å². The first-order valence-corrected chi connectivity index (χ1v) is 10.4. The van der Waals surface area contributed by atoms with Gasteiger partial charge in [-0.1, -0.05) is 38.0 Å². The van der Waals surface area contributed by atoms with Crippen molar-refractivity contribution in [2.24, 2.45) is 4.99 Å². The highest BCUT2D eigenvalue weighted by atomic mass is 16.5. The number of fused-ring (bicyclic) bond motifs is 2. The molecule has 29 heavy (non-hydrogen) atoms. The number of H-pyrrole nitrogens is 1. The summed E-state index contributed by atoms with van der Waals surface area (Å²) in [6.45, 7) is 4.79. The fraction of sp³-hybridized carbons (Fsp3) is 0.500. The van der Waals surface area contributed by atoms with Crippen LogP contribution in [0.2, 0.25) is 0 Å². The summed E-state index contributed by atoms with van der Waals surface area (Å²) in [5.41, 5.74) is 1.99. The molecule has 0 bridgehead atoms. The van der Waals surface area contributed by atoms with Crippen LogP contribution in [-0.4, -0.2) is 40.1 Å². The van der Waals surface area contributed by atoms with Crippen molar-refractivity contribution in [3.05, 3.63) is 45.1 Å². The number of imidazole rings is 1. The highest BCUT2D eigenvalue weighted by molar-refractivity contribution is 5.76. The summed E-state index contributed by atoms with van der Waals surface area (Å²) in [5, 5.41) is 0.404. The minimum absolute atomic E-state index is 0.193. The van der Waals surface area contributed by atoms with Crippen molar-refractivity contribution in [2.45, 2.75) is 57.5 Å². The topological polar surface area (TPSA) is 79.7 Å². The zero-order chi connectivity index (χ0) is 20.4. The number of amides is 1. The molecule has 7 heteroatoms. The molecule has 0 radical (unpaired) electrons. The van der Waals surface area contributed by atoms with Crippen LogP contribution in [0.4, 0.5) is 5.69 Å². The molecule has 0 saturated heterocycles. The molecule has 0 atom stereocenters. The summed E-state index contributed by atoms with van der Waals surface area (Å²) < 4.78 is 7.72. The summed E-state index contributed by atoms with van der Waals surface area (Å²) in [5.74, 6) is 0.869. The van der Waals surface area contributed by atoms with Crippen LogP contribution in [0.5, 0.6) is 5.75 Å². The third-order valence-corrected chi connectivity index (χ3v) is 6.01. The van der Waals surface area contributed by atoms with Crippen molar-refractivity contribution in [3.8, 4) is 5.75 Å². The Morgan fingerprint density at radius 1 is 1.34 bits per heavy atom. The molecule has 4 rings (SSSR count). The molecule has 2 aliphatic rings. The Hall–Kier alpha value is -2.83. The normalized spacial score (nSPS) is 15.9. The first-order valence-electron chi connectivity index (χ1n) is 10.4. The predicted molar refractivity (Wildman–Crippen MR) is 111 cm³/mol. The number of hydrogen-bond acceptors (Lipinski definition) is 4. The number of rotatable bonds is 6. The van der Waals surface area contributed by atoms with E-state index < -0.39 is 0 Å². The van der Waals surface area contributed by atoms with Gasteiger partial charge < -0.3 is 14.2 Å². The maximum Gasteiger partial charge on any atom is 0.274 e. The largest absolute Gasteiger partial charge is 0.491 e. The highest BCUT2D eigenvalue weighted by Gasteiger charge is 2.22. The van der Waals surface area contributed by atoms with Crippen molar-refractivity contribution in [3.63, 3.8) is 0 Å². The number of benzene rings is 1. The van der Waals surface area contributed by atoms with Crippen LogP contribution in [0.3, 0.4) is 0 Å². The molecule has 2 heterocycles. The quantitative estimate of drug-likeness (QED) is 0.646. The molecular weight excluding hydrogens is 368 g/mol. The van der Waals surface area contributed by atoms with Gasteiger partial charge in [-0.25, -0.2) is 4.99 Å². The van der Waals surface area contributed by atoms with E-state index in [9.17, 15) is 9.59 Å². The molecule has 154 valence electrons. The summed E-state index contributed by atoms with van der Waals surface area (Å²) in [6, 6.07) is 6.17. The van der Waals surface area contributed by atoms with E-state index in [-0.39, 0.29) is 11.5 Å². The van der Waals surface area contributed by atoms with E-state index in [0.717, 1.165) is 24.1 Å². The predicted octanol–water partition coefficient (Wildman–Crippen LogP) is 1.85. The average molecular weight is 396 g/mol. The Bertz CT molecular complexity index is 1060. The van der Waals surface area contributed by atoms with Crippen LogP contribution in [0.15, 0.2) is 28.0 Å². The van der Waals surface area contributed by atoms with E-state index in [1.54, 1.807) is 4.57 Å². The molecule has 0 unspecified atom stereocenters. The van der Waals surface area contributed by atoms with Crippen LogP contribution in [-0.2, 0) is 11.3 Å². The highest BCUT2D eigenvalue weighted by Crippen LogP contribution is 2.32. The van der Waals surface area contributed by atoms with Gasteiger partial charge in [-0.2, -0.15) is 0 Å². The Morgan fingerprint density at radius 3 is 2.93 bits per heavy atom. The molecule has 1 amide bonds. The van der Waals surface area contributed by atoms with E-state index in [2.05, 4.69) is 16.6 Å². The van der Waals surface area contributed by atoms with E-state index in [0.29, 0.717) is 48.8 Å². The molecule has 1 saturated carbocycles. The van der Waals surface area contributed by atoms with Gasteiger partial charge in [0.25, 0.3) is 5.56 Å². The summed E-state index contributed by atoms with van der Waals surface area (Å²) in [4.78, 5) is 33.5. The number of para-hydroxylation sites is 1. The number of aromatic nitrogens is 2. The molecule has 1 aromatic heterocycles. The fourth-order valence-corrected chi connectivity index (χ4v) is 4.22. The second kappa shape index (κ2) is 8.27. The lowest BCUT2D eigenvalue weighted by Crippen LogP contribution is -2.38. The van der Waals surface area contributed by atoms with Crippen LogP contribution >= 0.6 is 0 Å². The summed E-state index contributed by atoms with van der Waals surface area (Å²) in [7, 11) is 1.93. The number of nitrogens with one attached hydrogen (secondary N) is 1. The van der Waals surface area contributed by atoms with Gasteiger partial charge in [0, 0.05) is 25.1 Å². The van der Waals surface area contributed by atoms with Gasteiger partial charge in [-0.15, -0.1) is 0 Å². The minimum Gasteiger partial charge on any atom is -0.491 e. The van der Waals surface area contributed by atoms with Crippen molar-refractivity contribution < 1.29 is 9.53 Å². The van der Waals surface area contributed by atoms with Crippen molar-refractivity contribution in [2.75, 3.05) is 13.7 Å². The van der Waals surface area contributed by atoms with Crippen LogP contribution in [0.25, 0.3) is 6.58 Å². The molecule has 1 aliphatic heterocycles. The van der Waals surface area contributed by atoms with Gasteiger partial charge in [0.05, 0.1) is 13.2 Å². The molecule has 1 N–H and O–H groups in total. The lowest BCUT2D eigenvalue weighted by molar-refractivity contribution is -0.132. The van der Waals surface area contributed by atoms with Crippen molar-refractivity contribution >= 4 is 18.2 Å². The number of carbonyl (C=O) groups is 1. The minimum atomic E-state index is -0.223. The molecule has 1 aromatic carbocycles. The molecule has 7 nitrogen and oxygen atoms in total.